The van der Waals surface area contributed by atoms with E-state index < -0.39 is 0 Å². The Labute approximate surface area is 162 Å². The zero-order chi connectivity index (χ0) is 18.6. The average molecular weight is 385 g/mol. The molecule has 0 bridgehead atoms. The molecule has 1 fully saturated rings. The third-order valence-corrected chi connectivity index (χ3v) is 6.27. The topological polar surface area (TPSA) is 63.3 Å². The van der Waals surface area contributed by atoms with E-state index >= 15 is 0 Å². The van der Waals surface area contributed by atoms with Crippen LogP contribution in [0.5, 0.6) is 0 Å². The number of amides is 1. The third kappa shape index (κ3) is 3.99. The van der Waals surface area contributed by atoms with Gasteiger partial charge in [0.05, 0.1) is 29.4 Å². The van der Waals surface area contributed by atoms with E-state index in [0.717, 1.165) is 36.5 Å². The summed E-state index contributed by atoms with van der Waals surface area (Å²) in [6.07, 6.45) is 9.44. The Morgan fingerprint density at radius 1 is 1.41 bits per heavy atom. The van der Waals surface area contributed by atoms with Gasteiger partial charge >= 0.3 is 0 Å². The molecule has 7 heteroatoms. The smallest absolute Gasteiger partial charge is 0.261 e. The molecule has 1 saturated heterocycles. The Morgan fingerprint density at radius 3 is 3.15 bits per heavy atom. The molecule has 3 aromatic rings. The molecule has 3 aromatic heterocycles. The molecule has 0 radical (unpaired) electrons. The van der Waals surface area contributed by atoms with Crippen molar-refractivity contribution in [2.45, 2.75) is 45.4 Å². The number of aromatic nitrogens is 2. The fraction of sp³-hybridized carbons (Fsp3) is 0.400. The van der Waals surface area contributed by atoms with Crippen LogP contribution in [0.25, 0.3) is 0 Å². The van der Waals surface area contributed by atoms with Crippen LogP contribution in [-0.2, 0) is 19.6 Å². The molecular formula is C20H24N4O2S. The van der Waals surface area contributed by atoms with Gasteiger partial charge in [0, 0.05) is 42.3 Å². The van der Waals surface area contributed by atoms with Crippen molar-refractivity contribution in [3.63, 3.8) is 0 Å². The fourth-order valence-electron chi connectivity index (χ4n) is 3.63. The van der Waals surface area contributed by atoms with Gasteiger partial charge < -0.3 is 14.3 Å². The second-order valence-electron chi connectivity index (χ2n) is 6.82. The summed E-state index contributed by atoms with van der Waals surface area (Å²) in [5, 5.41) is 2.95. The number of imidazole rings is 1. The van der Waals surface area contributed by atoms with Crippen molar-refractivity contribution in [3.8, 4) is 0 Å². The summed E-state index contributed by atoms with van der Waals surface area (Å²) in [6.45, 7) is 5.55. The van der Waals surface area contributed by atoms with Crippen molar-refractivity contribution in [2.75, 3.05) is 6.54 Å². The van der Waals surface area contributed by atoms with Crippen LogP contribution in [0.2, 0.25) is 0 Å². The van der Waals surface area contributed by atoms with Gasteiger partial charge in [-0.3, -0.25) is 9.69 Å². The minimum Gasteiger partial charge on any atom is -0.472 e. The first kappa shape index (κ1) is 18.0. The second kappa shape index (κ2) is 8.10. The van der Waals surface area contributed by atoms with E-state index in [0.29, 0.717) is 12.6 Å². The number of rotatable bonds is 7. The van der Waals surface area contributed by atoms with E-state index in [1.54, 1.807) is 23.9 Å². The van der Waals surface area contributed by atoms with Crippen LogP contribution in [0, 0.1) is 0 Å². The van der Waals surface area contributed by atoms with Gasteiger partial charge in [-0.15, -0.1) is 11.3 Å². The largest absolute Gasteiger partial charge is 0.472 e. The summed E-state index contributed by atoms with van der Waals surface area (Å²) in [5.41, 5.74) is 2.22. The minimum atomic E-state index is -0.0268. The molecule has 1 N–H and O–H groups in total. The van der Waals surface area contributed by atoms with Crippen molar-refractivity contribution in [3.05, 3.63) is 64.3 Å². The van der Waals surface area contributed by atoms with Crippen LogP contribution in [0.15, 0.2) is 47.7 Å². The maximum absolute atomic E-state index is 12.4. The van der Waals surface area contributed by atoms with E-state index in [4.69, 9.17) is 4.42 Å². The summed E-state index contributed by atoms with van der Waals surface area (Å²) in [5.74, 6) is -0.0268. The first-order chi connectivity index (χ1) is 13.2. The Morgan fingerprint density at radius 2 is 2.33 bits per heavy atom. The van der Waals surface area contributed by atoms with E-state index in [-0.39, 0.29) is 5.91 Å². The SMILES string of the molecule is CCn1cncc1CN1CCCC1c1ccc(C(=O)NCc2ccoc2)s1. The number of nitrogens with one attached hydrogen (secondary N) is 1. The number of carbonyl (C=O) groups is 1. The molecule has 1 amide bonds. The van der Waals surface area contributed by atoms with Crippen LogP contribution >= 0.6 is 11.3 Å². The molecule has 27 heavy (non-hydrogen) atoms. The van der Waals surface area contributed by atoms with Gasteiger partial charge in [-0.25, -0.2) is 4.98 Å². The predicted molar refractivity (Wildman–Crippen MR) is 104 cm³/mol. The summed E-state index contributed by atoms with van der Waals surface area (Å²) >= 11 is 1.60. The number of aryl methyl sites for hydroxylation is 1. The van der Waals surface area contributed by atoms with Gasteiger partial charge in [-0.1, -0.05) is 0 Å². The molecule has 0 saturated carbocycles. The minimum absolute atomic E-state index is 0.0268. The Balaban J connectivity index is 1.41. The summed E-state index contributed by atoms with van der Waals surface area (Å²) in [6, 6.07) is 6.29. The van der Waals surface area contributed by atoms with Crippen molar-refractivity contribution in [1.29, 1.82) is 0 Å². The normalized spacial score (nSPS) is 17.4. The highest BCUT2D eigenvalue weighted by Crippen LogP contribution is 2.36. The molecule has 1 unspecified atom stereocenters. The monoisotopic (exact) mass is 384 g/mol. The van der Waals surface area contributed by atoms with Crippen molar-refractivity contribution >= 4 is 17.2 Å². The van der Waals surface area contributed by atoms with Crippen LogP contribution in [0.4, 0.5) is 0 Å². The second-order valence-corrected chi connectivity index (χ2v) is 7.93. The highest BCUT2D eigenvalue weighted by atomic mass is 32.1. The molecule has 142 valence electrons. The molecule has 1 aliphatic rings. The maximum Gasteiger partial charge on any atom is 0.261 e. The number of hydrogen-bond acceptors (Lipinski definition) is 5. The van der Waals surface area contributed by atoms with E-state index in [2.05, 4.69) is 32.8 Å². The molecule has 4 rings (SSSR count). The summed E-state index contributed by atoms with van der Waals surface area (Å²) < 4.78 is 7.23. The molecule has 4 heterocycles. The summed E-state index contributed by atoms with van der Waals surface area (Å²) in [7, 11) is 0. The third-order valence-electron chi connectivity index (χ3n) is 5.08. The van der Waals surface area contributed by atoms with Gasteiger partial charge in [-0.2, -0.15) is 0 Å². The van der Waals surface area contributed by atoms with Gasteiger partial charge in [0.1, 0.15) is 0 Å². The fourth-order valence-corrected chi connectivity index (χ4v) is 4.72. The first-order valence-electron chi connectivity index (χ1n) is 9.36. The number of nitrogens with zero attached hydrogens (tertiary/aromatic N) is 3. The van der Waals surface area contributed by atoms with Gasteiger partial charge in [0.25, 0.3) is 5.91 Å². The lowest BCUT2D eigenvalue weighted by molar-refractivity contribution is 0.0955. The Bertz CT molecular complexity index is 884. The molecule has 1 aliphatic heterocycles. The van der Waals surface area contributed by atoms with Gasteiger partial charge in [0.2, 0.25) is 0 Å². The first-order valence-corrected chi connectivity index (χ1v) is 10.2. The molecule has 0 spiro atoms. The number of carbonyl (C=O) groups excluding carboxylic acids is 1. The van der Waals surface area contributed by atoms with Gasteiger partial charge in [0.15, 0.2) is 0 Å². The number of furan rings is 1. The van der Waals surface area contributed by atoms with E-state index in [9.17, 15) is 4.79 Å². The lowest BCUT2D eigenvalue weighted by atomic mass is 10.2. The zero-order valence-electron chi connectivity index (χ0n) is 15.4. The van der Waals surface area contributed by atoms with Crippen LogP contribution < -0.4 is 5.32 Å². The Kier molecular flexibility index (Phi) is 5.40. The van der Waals surface area contributed by atoms with E-state index in [1.807, 2.05) is 24.7 Å². The van der Waals surface area contributed by atoms with Crippen molar-refractivity contribution < 1.29 is 9.21 Å². The molecule has 0 aliphatic carbocycles. The Hall–Kier alpha value is -2.38. The number of thiophene rings is 1. The van der Waals surface area contributed by atoms with Crippen LogP contribution in [0.1, 0.15) is 51.6 Å². The number of likely N-dealkylation sites (tertiary alicyclic amines) is 1. The highest BCUT2D eigenvalue weighted by molar-refractivity contribution is 7.14. The molecule has 0 aromatic carbocycles. The zero-order valence-corrected chi connectivity index (χ0v) is 16.2. The average Bonchev–Trinajstić information content (AvgIpc) is 3.47. The van der Waals surface area contributed by atoms with Crippen LogP contribution in [-0.4, -0.2) is 26.9 Å². The van der Waals surface area contributed by atoms with Crippen molar-refractivity contribution in [2.24, 2.45) is 0 Å². The van der Waals surface area contributed by atoms with Gasteiger partial charge in [-0.05, 0) is 44.5 Å². The quantitative estimate of drug-likeness (QED) is 0.673. The molecular weight excluding hydrogens is 360 g/mol. The molecule has 6 nitrogen and oxygen atoms in total. The lowest BCUT2D eigenvalue weighted by Gasteiger charge is -2.23. The highest BCUT2D eigenvalue weighted by Gasteiger charge is 2.28. The standard InChI is InChI=1S/C20H24N4O2S/c1-2-23-14-21-11-16(23)12-24-8-3-4-17(24)18-5-6-19(27-18)20(25)22-10-15-7-9-26-13-15/h5-7,9,11,13-14,17H,2-4,8,10,12H2,1H3,(H,22,25). The predicted octanol–water partition coefficient (Wildman–Crippen LogP) is 3.82. The number of hydrogen-bond donors (Lipinski definition) is 1. The lowest BCUT2D eigenvalue weighted by Crippen LogP contribution is -2.23. The van der Waals surface area contributed by atoms with E-state index in [1.165, 1.54) is 17.0 Å². The van der Waals surface area contributed by atoms with Crippen LogP contribution in [0.3, 0.4) is 0 Å². The maximum atomic E-state index is 12.4. The molecule has 1 atom stereocenters. The summed E-state index contributed by atoms with van der Waals surface area (Å²) in [4.78, 5) is 21.2. The van der Waals surface area contributed by atoms with Crippen molar-refractivity contribution in [1.82, 2.24) is 19.8 Å².